The van der Waals surface area contributed by atoms with Crippen LogP contribution in [0.5, 0.6) is 5.75 Å². The molecule has 45 heavy (non-hydrogen) atoms. The van der Waals surface area contributed by atoms with Crippen LogP contribution in [0.1, 0.15) is 38.8 Å². The van der Waals surface area contributed by atoms with Crippen LogP contribution in [0.15, 0.2) is 52.4 Å². The number of alkyl halides is 3. The molecular weight excluding hydrogens is 651 g/mol. The van der Waals surface area contributed by atoms with Crippen LogP contribution in [0.3, 0.4) is 0 Å². The van der Waals surface area contributed by atoms with E-state index in [1.54, 1.807) is 20.8 Å². The van der Waals surface area contributed by atoms with E-state index in [2.05, 4.69) is 4.99 Å². The molecular formula is C25H30F3N5O10S2. The molecule has 1 amide bonds. The minimum atomic E-state index is -4.67. The summed E-state index contributed by atoms with van der Waals surface area (Å²) >= 11 is 0. The Bertz CT molecular complexity index is 1710. The van der Waals surface area contributed by atoms with Gasteiger partial charge < -0.3 is 9.47 Å². The Hall–Kier alpha value is -4.01. The molecule has 1 aliphatic heterocycles. The molecule has 1 atom stereocenters. The normalized spacial score (nSPS) is 18.6. The second kappa shape index (κ2) is 12.4. The van der Waals surface area contributed by atoms with Gasteiger partial charge in [0.1, 0.15) is 30.1 Å². The Morgan fingerprint density at radius 3 is 2.29 bits per heavy atom. The van der Waals surface area contributed by atoms with Crippen LogP contribution in [0.25, 0.3) is 0 Å². The Balaban J connectivity index is 1.92. The zero-order valence-electron chi connectivity index (χ0n) is 24.6. The molecule has 2 aromatic carbocycles. The van der Waals surface area contributed by atoms with E-state index in [1.807, 2.05) is 0 Å². The van der Waals surface area contributed by atoms with Gasteiger partial charge >= 0.3 is 12.3 Å². The maximum absolute atomic E-state index is 13.2. The van der Waals surface area contributed by atoms with Gasteiger partial charge in [0.15, 0.2) is 0 Å². The van der Waals surface area contributed by atoms with E-state index in [1.165, 1.54) is 6.92 Å². The molecule has 0 aliphatic carbocycles. The van der Waals surface area contributed by atoms with Gasteiger partial charge in [-0.25, -0.2) is 28.4 Å². The predicted molar refractivity (Wildman–Crippen MR) is 152 cm³/mol. The smallest absolute Gasteiger partial charge is 0.431 e. The van der Waals surface area contributed by atoms with Crippen LogP contribution < -0.4 is 10.6 Å². The Labute approximate surface area is 256 Å². The number of nitrogens with zero attached hydrogens (tertiary/aromatic N) is 4. The summed E-state index contributed by atoms with van der Waals surface area (Å²) in [6.45, 7) is 4.80. The van der Waals surface area contributed by atoms with Crippen LogP contribution in [0.2, 0.25) is 0 Å². The summed E-state index contributed by atoms with van der Waals surface area (Å²) in [7, 11) is -7.66. The molecule has 2 N–H and O–H groups in total. The number of halogens is 3. The zero-order chi connectivity index (χ0) is 34.2. The van der Waals surface area contributed by atoms with Gasteiger partial charge in [0.2, 0.25) is 16.0 Å². The molecule has 0 aromatic heterocycles. The Morgan fingerprint density at radius 2 is 1.76 bits per heavy atom. The van der Waals surface area contributed by atoms with Crippen molar-refractivity contribution < 1.29 is 53.4 Å². The van der Waals surface area contributed by atoms with Gasteiger partial charge in [-0.05, 0) is 58.0 Å². The number of sulfonamides is 1. The summed E-state index contributed by atoms with van der Waals surface area (Å²) in [6, 6.07) is 5.79. The molecule has 0 radical (unpaired) electrons. The molecule has 0 spiro atoms. The number of hydrogen-bond acceptors (Lipinski definition) is 12. The third-order valence-corrected chi connectivity index (χ3v) is 9.37. The predicted octanol–water partition coefficient (Wildman–Crippen LogP) is 3.36. The van der Waals surface area contributed by atoms with E-state index in [4.69, 9.17) is 19.5 Å². The molecule has 15 nitrogen and oxygen atoms in total. The maximum atomic E-state index is 13.2. The Morgan fingerprint density at radius 1 is 1.16 bits per heavy atom. The Kier molecular flexibility index (Phi) is 9.78. The summed E-state index contributed by atoms with van der Waals surface area (Å²) in [4.78, 5) is 27.3. The summed E-state index contributed by atoms with van der Waals surface area (Å²) in [6.07, 6.45) is -5.82. The minimum absolute atomic E-state index is 0.130. The summed E-state index contributed by atoms with van der Waals surface area (Å²) in [5.41, 5.74) is -4.50. The number of carbonyl (C=O) groups excluding carboxylic acids is 1. The van der Waals surface area contributed by atoms with Crippen LogP contribution >= 0.6 is 0 Å². The number of carbonyl (C=O) groups is 1. The number of nitrogens with two attached hydrogens (primary N) is 1. The topological polar surface area (TPSA) is 201 Å². The van der Waals surface area contributed by atoms with Crippen LogP contribution in [-0.2, 0) is 40.8 Å². The monoisotopic (exact) mass is 681 g/mol. The molecule has 1 aliphatic rings. The van der Waals surface area contributed by atoms with Crippen molar-refractivity contribution in [2.45, 2.75) is 49.9 Å². The number of rotatable bonds is 8. The number of nitro benzene ring substituents is 1. The summed E-state index contributed by atoms with van der Waals surface area (Å²) in [5, 5.41) is 11.9. The van der Waals surface area contributed by atoms with E-state index < -0.39 is 89.5 Å². The number of hydrogen-bond donors (Lipinski definition) is 1. The molecule has 0 bridgehead atoms. The number of hydrazine groups is 1. The van der Waals surface area contributed by atoms with E-state index in [9.17, 15) is 44.9 Å². The van der Waals surface area contributed by atoms with E-state index in [-0.39, 0.29) is 11.3 Å². The van der Waals surface area contributed by atoms with Crippen LogP contribution in [0, 0.1) is 10.1 Å². The highest BCUT2D eigenvalue weighted by Gasteiger charge is 2.45. The molecule has 0 unspecified atom stereocenters. The van der Waals surface area contributed by atoms with E-state index >= 15 is 0 Å². The lowest BCUT2D eigenvalue weighted by Crippen LogP contribution is -2.58. The first-order valence-electron chi connectivity index (χ1n) is 12.8. The minimum Gasteiger partial charge on any atom is -0.491 e. The summed E-state index contributed by atoms with van der Waals surface area (Å²) in [5.74, 6) is 4.43. The van der Waals surface area contributed by atoms with Crippen molar-refractivity contribution in [3.8, 4) is 5.75 Å². The largest absolute Gasteiger partial charge is 0.491 e. The average molecular weight is 682 g/mol. The highest BCUT2D eigenvalue weighted by Crippen LogP contribution is 2.40. The average Bonchev–Trinajstić information content (AvgIpc) is 2.91. The molecule has 3 rings (SSSR count). The van der Waals surface area contributed by atoms with Gasteiger partial charge in [-0.1, -0.05) is 0 Å². The first-order chi connectivity index (χ1) is 20.5. The summed E-state index contributed by atoms with van der Waals surface area (Å²) < 4.78 is 106. The molecule has 0 saturated carbocycles. The number of non-ortho nitro benzene ring substituents is 1. The van der Waals surface area contributed by atoms with Crippen molar-refractivity contribution in [3.63, 3.8) is 0 Å². The first kappa shape index (κ1) is 35.5. The van der Waals surface area contributed by atoms with Gasteiger partial charge in [-0.3, -0.25) is 14.3 Å². The SMILES string of the molecule is CN1C(N(N)C(=O)OC(C)(C)C)=N[C@](C)(c2cc([N+](=O)[O-])ccc2OCCOS(=O)(=O)c2ccc(C(F)(F)F)cc2)CS1(=O)=O. The fourth-order valence-electron chi connectivity index (χ4n) is 3.99. The first-order valence-corrected chi connectivity index (χ1v) is 15.8. The van der Waals surface area contributed by atoms with Gasteiger partial charge in [-0.15, -0.1) is 0 Å². The number of ether oxygens (including phenoxy) is 2. The molecule has 0 fully saturated rings. The van der Waals surface area contributed by atoms with Gasteiger partial charge in [0.05, 0.1) is 21.1 Å². The van der Waals surface area contributed by atoms with Crippen LogP contribution in [-0.4, -0.2) is 74.7 Å². The van der Waals surface area contributed by atoms with Crippen molar-refractivity contribution in [2.75, 3.05) is 26.0 Å². The van der Waals surface area contributed by atoms with Gasteiger partial charge in [0, 0.05) is 24.7 Å². The van der Waals surface area contributed by atoms with Crippen molar-refractivity contribution in [2.24, 2.45) is 10.8 Å². The third kappa shape index (κ3) is 8.38. The molecule has 0 saturated heterocycles. The molecule has 1 heterocycles. The molecule has 248 valence electrons. The lowest BCUT2D eigenvalue weighted by atomic mass is 9.93. The second-order valence-corrected chi connectivity index (χ2v) is 14.5. The molecule has 20 heteroatoms. The number of nitro groups is 1. The standard InChI is InChI=1S/C25H30F3N5O10S2/c1-23(2,3)43-22(34)32(29)21-30-24(4,15-44(37,38)31(21)5)19-14-17(33(35)36)8-11-20(19)41-12-13-42-45(39,40)18-9-6-16(7-10-18)25(26,27)28/h6-11,14H,12-13,15,29H2,1-5H3/t24-/m0/s1. The highest BCUT2D eigenvalue weighted by molar-refractivity contribution is 7.89. The van der Waals surface area contributed by atoms with Crippen molar-refractivity contribution in [1.82, 2.24) is 9.31 Å². The zero-order valence-corrected chi connectivity index (χ0v) is 26.2. The lowest BCUT2D eigenvalue weighted by Gasteiger charge is -2.38. The third-order valence-electron chi connectivity index (χ3n) is 6.12. The van der Waals surface area contributed by atoms with Gasteiger partial charge in [-0.2, -0.15) is 26.6 Å². The van der Waals surface area contributed by atoms with Crippen molar-refractivity contribution >= 4 is 37.9 Å². The number of amides is 1. The number of benzene rings is 2. The van der Waals surface area contributed by atoms with E-state index in [0.717, 1.165) is 37.4 Å². The fourth-order valence-corrected chi connectivity index (χ4v) is 6.38. The van der Waals surface area contributed by atoms with Crippen LogP contribution in [0.4, 0.5) is 23.7 Å². The lowest BCUT2D eigenvalue weighted by molar-refractivity contribution is -0.385. The van der Waals surface area contributed by atoms with Crippen molar-refractivity contribution in [3.05, 3.63) is 63.7 Å². The number of guanidine groups is 1. The molecule has 2 aromatic rings. The maximum Gasteiger partial charge on any atom is 0.431 e. The van der Waals surface area contributed by atoms with Crippen molar-refractivity contribution in [1.29, 1.82) is 0 Å². The van der Waals surface area contributed by atoms with Gasteiger partial charge in [0.25, 0.3) is 15.8 Å². The fraction of sp³-hybridized carbons (Fsp3) is 0.440. The second-order valence-electron chi connectivity index (χ2n) is 10.8. The quantitative estimate of drug-likeness (QED) is 0.107. The number of aliphatic imine (C=N–C) groups is 1. The highest BCUT2D eigenvalue weighted by atomic mass is 32.2. The van der Waals surface area contributed by atoms with E-state index in [0.29, 0.717) is 21.4 Å².